The molecule has 1 aliphatic carbocycles. The summed E-state index contributed by atoms with van der Waals surface area (Å²) >= 11 is 2.58. The van der Waals surface area contributed by atoms with Gasteiger partial charge in [-0.15, -0.1) is 0 Å². The maximum absolute atomic E-state index is 2.58. The highest BCUT2D eigenvalue weighted by molar-refractivity contribution is 14.1. The van der Waals surface area contributed by atoms with Crippen LogP contribution in [0.2, 0.25) is 0 Å². The Morgan fingerprint density at radius 2 is 2.33 bits per heavy atom. The van der Waals surface area contributed by atoms with E-state index in [2.05, 4.69) is 36.4 Å². The van der Waals surface area contributed by atoms with Gasteiger partial charge in [0.2, 0.25) is 0 Å². The SMILES string of the molecule is CCC1(C)CCC(I)C1. The van der Waals surface area contributed by atoms with Crippen molar-refractivity contribution >= 4 is 22.6 Å². The lowest BCUT2D eigenvalue weighted by atomic mass is 9.86. The van der Waals surface area contributed by atoms with E-state index in [4.69, 9.17) is 0 Å². The average Bonchev–Trinajstić information content (AvgIpc) is 2.13. The molecule has 2 unspecified atom stereocenters. The second-order valence-corrected chi connectivity index (χ2v) is 5.27. The molecule has 0 aromatic carbocycles. The number of rotatable bonds is 1. The summed E-state index contributed by atoms with van der Waals surface area (Å²) < 4.78 is 0.965. The molecule has 0 N–H and O–H groups in total. The monoisotopic (exact) mass is 238 g/mol. The van der Waals surface area contributed by atoms with Gasteiger partial charge in [0.25, 0.3) is 0 Å². The molecule has 0 aliphatic heterocycles. The van der Waals surface area contributed by atoms with Gasteiger partial charge in [-0.3, -0.25) is 0 Å². The Hall–Kier alpha value is 0.730. The summed E-state index contributed by atoms with van der Waals surface area (Å²) in [6, 6.07) is 0. The molecule has 1 saturated carbocycles. The lowest BCUT2D eigenvalue weighted by Gasteiger charge is -2.20. The molecule has 0 amide bonds. The normalized spacial score (nSPS) is 43.7. The molecule has 1 heteroatoms. The maximum Gasteiger partial charge on any atom is 0.0115 e. The van der Waals surface area contributed by atoms with Crippen molar-refractivity contribution in [2.75, 3.05) is 0 Å². The first-order valence-corrected chi connectivity index (χ1v) is 5.05. The number of hydrogen-bond donors (Lipinski definition) is 0. The Morgan fingerprint density at radius 3 is 2.56 bits per heavy atom. The number of halogens is 1. The van der Waals surface area contributed by atoms with Crippen LogP contribution in [0.3, 0.4) is 0 Å². The lowest BCUT2D eigenvalue weighted by Crippen LogP contribution is -2.09. The maximum atomic E-state index is 2.58. The molecule has 0 heterocycles. The fourth-order valence-electron chi connectivity index (χ4n) is 1.57. The average molecular weight is 238 g/mol. The highest BCUT2D eigenvalue weighted by Gasteiger charge is 2.31. The molecule has 1 aliphatic rings. The predicted octanol–water partition coefficient (Wildman–Crippen LogP) is 3.39. The molecule has 0 spiro atoms. The van der Waals surface area contributed by atoms with Crippen molar-refractivity contribution in [1.29, 1.82) is 0 Å². The molecule has 54 valence electrons. The third kappa shape index (κ3) is 1.82. The van der Waals surface area contributed by atoms with E-state index in [0.717, 1.165) is 3.92 Å². The molecule has 1 fully saturated rings. The van der Waals surface area contributed by atoms with Gasteiger partial charge < -0.3 is 0 Å². The third-order valence-corrected chi connectivity index (χ3v) is 3.69. The van der Waals surface area contributed by atoms with Gasteiger partial charge in [0.15, 0.2) is 0 Å². The minimum absolute atomic E-state index is 0.700. The van der Waals surface area contributed by atoms with Crippen molar-refractivity contribution in [1.82, 2.24) is 0 Å². The first-order chi connectivity index (χ1) is 4.16. The van der Waals surface area contributed by atoms with Crippen molar-refractivity contribution in [3.63, 3.8) is 0 Å². The Labute approximate surface area is 71.5 Å². The summed E-state index contributed by atoms with van der Waals surface area (Å²) in [5.41, 5.74) is 0.700. The van der Waals surface area contributed by atoms with Crippen LogP contribution in [0.5, 0.6) is 0 Å². The van der Waals surface area contributed by atoms with Crippen LogP contribution < -0.4 is 0 Å². The van der Waals surface area contributed by atoms with E-state index in [0.29, 0.717) is 5.41 Å². The van der Waals surface area contributed by atoms with Gasteiger partial charge in [-0.05, 0) is 24.7 Å². The standard InChI is InChI=1S/C8H15I/c1-3-8(2)5-4-7(9)6-8/h7H,3-6H2,1-2H3. The Balaban J connectivity index is 2.45. The molecule has 0 nitrogen and oxygen atoms in total. The zero-order chi connectivity index (χ0) is 6.91. The van der Waals surface area contributed by atoms with E-state index >= 15 is 0 Å². The zero-order valence-corrected chi connectivity index (χ0v) is 8.44. The minimum Gasteiger partial charge on any atom is -0.0826 e. The zero-order valence-electron chi connectivity index (χ0n) is 6.28. The second-order valence-electron chi connectivity index (χ2n) is 3.50. The fourth-order valence-corrected chi connectivity index (χ4v) is 2.94. The van der Waals surface area contributed by atoms with Gasteiger partial charge in [-0.2, -0.15) is 0 Å². The molecule has 0 bridgehead atoms. The Morgan fingerprint density at radius 1 is 1.67 bits per heavy atom. The van der Waals surface area contributed by atoms with Crippen LogP contribution in [0.4, 0.5) is 0 Å². The highest BCUT2D eigenvalue weighted by Crippen LogP contribution is 2.43. The summed E-state index contributed by atoms with van der Waals surface area (Å²) in [4.78, 5) is 0. The summed E-state index contributed by atoms with van der Waals surface area (Å²) in [6.45, 7) is 4.74. The summed E-state index contributed by atoms with van der Waals surface area (Å²) in [7, 11) is 0. The second kappa shape index (κ2) is 2.77. The molecule has 0 aromatic heterocycles. The molecule has 0 aromatic rings. The van der Waals surface area contributed by atoms with E-state index in [1.807, 2.05) is 0 Å². The molecule has 2 atom stereocenters. The quantitative estimate of drug-likeness (QED) is 0.485. The van der Waals surface area contributed by atoms with Crippen LogP contribution in [0, 0.1) is 5.41 Å². The summed E-state index contributed by atoms with van der Waals surface area (Å²) in [5.74, 6) is 0. The van der Waals surface area contributed by atoms with Crippen molar-refractivity contribution in [2.45, 2.75) is 43.5 Å². The van der Waals surface area contributed by atoms with Gasteiger partial charge in [-0.1, -0.05) is 42.9 Å². The number of alkyl halides is 1. The minimum atomic E-state index is 0.700. The molecular formula is C8H15I. The van der Waals surface area contributed by atoms with Crippen molar-refractivity contribution in [2.24, 2.45) is 5.41 Å². The van der Waals surface area contributed by atoms with E-state index in [-0.39, 0.29) is 0 Å². The molecule has 0 radical (unpaired) electrons. The predicted molar refractivity (Wildman–Crippen MR) is 50.1 cm³/mol. The summed E-state index contributed by atoms with van der Waals surface area (Å²) in [6.07, 6.45) is 5.72. The summed E-state index contributed by atoms with van der Waals surface area (Å²) in [5, 5.41) is 0. The van der Waals surface area contributed by atoms with Gasteiger partial charge in [0.05, 0.1) is 0 Å². The van der Waals surface area contributed by atoms with Gasteiger partial charge in [0, 0.05) is 3.92 Å². The Kier molecular flexibility index (Phi) is 2.41. The van der Waals surface area contributed by atoms with Crippen molar-refractivity contribution in [3.8, 4) is 0 Å². The lowest BCUT2D eigenvalue weighted by molar-refractivity contribution is 0.325. The van der Waals surface area contributed by atoms with E-state index in [1.165, 1.54) is 25.7 Å². The Bertz CT molecular complexity index is 101. The van der Waals surface area contributed by atoms with E-state index in [9.17, 15) is 0 Å². The van der Waals surface area contributed by atoms with Crippen LogP contribution in [0.25, 0.3) is 0 Å². The van der Waals surface area contributed by atoms with Crippen LogP contribution in [0.15, 0.2) is 0 Å². The largest absolute Gasteiger partial charge is 0.0826 e. The first kappa shape index (κ1) is 7.83. The molecule has 9 heavy (non-hydrogen) atoms. The fraction of sp³-hybridized carbons (Fsp3) is 1.00. The van der Waals surface area contributed by atoms with Crippen LogP contribution >= 0.6 is 22.6 Å². The van der Waals surface area contributed by atoms with Crippen LogP contribution in [-0.2, 0) is 0 Å². The van der Waals surface area contributed by atoms with Crippen LogP contribution in [0.1, 0.15) is 39.5 Å². The molecular weight excluding hydrogens is 223 g/mol. The number of hydrogen-bond acceptors (Lipinski definition) is 0. The highest BCUT2D eigenvalue weighted by atomic mass is 127. The first-order valence-electron chi connectivity index (χ1n) is 3.80. The van der Waals surface area contributed by atoms with Gasteiger partial charge >= 0.3 is 0 Å². The molecule has 0 saturated heterocycles. The topological polar surface area (TPSA) is 0 Å². The van der Waals surface area contributed by atoms with Crippen molar-refractivity contribution < 1.29 is 0 Å². The third-order valence-electron chi connectivity index (χ3n) is 2.63. The van der Waals surface area contributed by atoms with Gasteiger partial charge in [0.1, 0.15) is 0 Å². The van der Waals surface area contributed by atoms with Crippen LogP contribution in [-0.4, -0.2) is 3.92 Å². The smallest absolute Gasteiger partial charge is 0.0115 e. The van der Waals surface area contributed by atoms with Crippen molar-refractivity contribution in [3.05, 3.63) is 0 Å². The van der Waals surface area contributed by atoms with Gasteiger partial charge in [-0.25, -0.2) is 0 Å². The molecule has 1 rings (SSSR count). The van der Waals surface area contributed by atoms with E-state index in [1.54, 1.807) is 0 Å². The van der Waals surface area contributed by atoms with E-state index < -0.39 is 0 Å².